The number of aliphatic hydroxyl groups excluding tert-OH is 4. The van der Waals surface area contributed by atoms with Gasteiger partial charge >= 0.3 is 17.9 Å². The number of esters is 3. The van der Waals surface area contributed by atoms with Crippen molar-refractivity contribution in [2.24, 2.45) is 0 Å². The van der Waals surface area contributed by atoms with E-state index in [1.165, 1.54) is 77.0 Å². The highest BCUT2D eigenvalue weighted by atomic mass is 16.6. The highest BCUT2D eigenvalue weighted by Crippen LogP contribution is 2.16. The number of carbonyl (C=O) groups excluding carboxylic acids is 3. The van der Waals surface area contributed by atoms with Crippen molar-refractivity contribution < 1.29 is 49.0 Å². The molecular formula is C67H124O10. The Balaban J connectivity index is 0. The van der Waals surface area contributed by atoms with Crippen LogP contribution >= 0.6 is 0 Å². The van der Waals surface area contributed by atoms with Crippen molar-refractivity contribution in [2.45, 2.75) is 347 Å². The minimum absolute atomic E-state index is 0.132. The minimum atomic E-state index is -0.836. The third-order valence-electron chi connectivity index (χ3n) is 14.1. The number of aliphatic hydroxyl groups is 4. The third kappa shape index (κ3) is 62.3. The van der Waals surface area contributed by atoms with Crippen LogP contribution in [0.4, 0.5) is 0 Å². The van der Waals surface area contributed by atoms with Gasteiger partial charge < -0.3 is 34.6 Å². The molecular weight excluding hydrogens is 965 g/mol. The van der Waals surface area contributed by atoms with Crippen molar-refractivity contribution in [3.05, 3.63) is 49.1 Å². The molecule has 0 radical (unpaired) electrons. The maximum Gasteiger partial charge on any atom is 0.306 e. The Morgan fingerprint density at radius 1 is 0.351 bits per heavy atom. The van der Waals surface area contributed by atoms with Crippen molar-refractivity contribution in [1.82, 2.24) is 0 Å². The van der Waals surface area contributed by atoms with E-state index in [1.54, 1.807) is 6.08 Å². The Hall–Kier alpha value is -2.79. The van der Waals surface area contributed by atoms with Gasteiger partial charge in [-0.15, -0.1) is 6.58 Å². The zero-order valence-electron chi connectivity index (χ0n) is 50.6. The lowest BCUT2D eigenvalue weighted by Crippen LogP contribution is -2.30. The van der Waals surface area contributed by atoms with Crippen molar-refractivity contribution in [2.75, 3.05) is 13.2 Å². The monoisotopic (exact) mass is 1090 g/mol. The highest BCUT2D eigenvalue weighted by Gasteiger charge is 2.20. The van der Waals surface area contributed by atoms with Crippen LogP contribution in [0.15, 0.2) is 49.1 Å². The Labute approximate surface area is 474 Å². The molecule has 0 amide bonds. The molecule has 0 saturated heterocycles. The van der Waals surface area contributed by atoms with E-state index >= 15 is 0 Å². The Morgan fingerprint density at radius 3 is 0.935 bits per heavy atom. The zero-order chi connectivity index (χ0) is 56.9. The fraction of sp³-hybridized carbons (Fsp3) is 0.836. The SMILES string of the molecule is C=CCC(O)CCCCCC.CCCCCCC(O)C/C=C\CCCCCCCC(=O)OCC(COC(=O)CCCCCCC/C=C/CC(O)CCCCCC)OC(=O)CCCCCCC/C=C\CC(O)CCCCCC. The van der Waals surface area contributed by atoms with Crippen molar-refractivity contribution in [3.8, 4) is 0 Å². The van der Waals surface area contributed by atoms with Crippen molar-refractivity contribution in [3.63, 3.8) is 0 Å². The Kier molecular flexibility index (Phi) is 61.8. The van der Waals surface area contributed by atoms with Crippen LogP contribution in [-0.2, 0) is 28.6 Å². The van der Waals surface area contributed by atoms with E-state index in [0.717, 1.165) is 186 Å². The van der Waals surface area contributed by atoms with E-state index in [4.69, 9.17) is 14.2 Å². The molecule has 0 aromatic carbocycles. The molecule has 0 aliphatic heterocycles. The van der Waals surface area contributed by atoms with Crippen LogP contribution in [-0.4, -0.2) is 82.1 Å². The van der Waals surface area contributed by atoms with Crippen LogP contribution in [0, 0.1) is 0 Å². The number of hydrogen-bond acceptors (Lipinski definition) is 10. The molecule has 10 heteroatoms. The van der Waals surface area contributed by atoms with Gasteiger partial charge in [0, 0.05) is 19.3 Å². The first-order valence-corrected chi connectivity index (χ1v) is 32.3. The molecule has 4 N–H and O–H groups in total. The summed E-state index contributed by atoms with van der Waals surface area (Å²) in [7, 11) is 0. The van der Waals surface area contributed by atoms with E-state index in [-0.39, 0.29) is 62.0 Å². The van der Waals surface area contributed by atoms with Gasteiger partial charge in [-0.2, -0.15) is 0 Å². The number of ether oxygens (including phenoxy) is 3. The summed E-state index contributed by atoms with van der Waals surface area (Å²) in [4.78, 5) is 38.1. The number of allylic oxidation sites excluding steroid dienone is 3. The summed E-state index contributed by atoms with van der Waals surface area (Å²) in [6.45, 7) is 12.1. The first kappa shape index (κ1) is 76.3. The van der Waals surface area contributed by atoms with E-state index in [9.17, 15) is 34.8 Å². The number of carbonyl (C=O) groups is 3. The van der Waals surface area contributed by atoms with E-state index in [2.05, 4.69) is 70.7 Å². The van der Waals surface area contributed by atoms with E-state index < -0.39 is 6.10 Å². The lowest BCUT2D eigenvalue weighted by molar-refractivity contribution is -0.167. The Morgan fingerprint density at radius 2 is 0.623 bits per heavy atom. The quantitative estimate of drug-likeness (QED) is 0.0200. The van der Waals surface area contributed by atoms with Crippen LogP contribution in [0.1, 0.15) is 317 Å². The second-order valence-electron chi connectivity index (χ2n) is 22.1. The molecule has 0 aromatic heterocycles. The average molecular weight is 1090 g/mol. The lowest BCUT2D eigenvalue weighted by Gasteiger charge is -2.18. The fourth-order valence-corrected chi connectivity index (χ4v) is 9.07. The molecule has 5 atom stereocenters. The molecule has 0 heterocycles. The topological polar surface area (TPSA) is 160 Å². The molecule has 0 aliphatic rings. The summed E-state index contributed by atoms with van der Waals surface area (Å²) in [6.07, 6.45) is 57.1. The smallest absolute Gasteiger partial charge is 0.306 e. The summed E-state index contributed by atoms with van der Waals surface area (Å²) in [5.74, 6) is -1.04. The maximum absolute atomic E-state index is 12.8. The van der Waals surface area contributed by atoms with E-state index in [0.29, 0.717) is 19.3 Å². The largest absolute Gasteiger partial charge is 0.462 e. The minimum Gasteiger partial charge on any atom is -0.462 e. The van der Waals surface area contributed by atoms with Crippen molar-refractivity contribution >= 4 is 17.9 Å². The molecule has 77 heavy (non-hydrogen) atoms. The van der Waals surface area contributed by atoms with E-state index in [1.807, 2.05) is 0 Å². The first-order valence-electron chi connectivity index (χ1n) is 32.3. The van der Waals surface area contributed by atoms with Crippen LogP contribution < -0.4 is 0 Å². The summed E-state index contributed by atoms with van der Waals surface area (Å²) in [5.41, 5.74) is 0. The fourth-order valence-electron chi connectivity index (χ4n) is 9.07. The second-order valence-corrected chi connectivity index (χ2v) is 22.1. The Bertz CT molecular complexity index is 1300. The molecule has 0 spiro atoms. The molecule has 0 saturated carbocycles. The standard InChI is InChI=1S/C57H104O9.C10H20O/c1-4-7-10-31-40-51(58)43-34-25-19-13-16-22-28-37-46-55(61)64-49-54(66-57(63)48-39-30-24-18-15-21-27-36-45-53(60)42-33-12-9-6-3)50-65-56(62)47-38-29-23-17-14-20-26-35-44-52(59)41-32-11-8-5-2;1-3-5-6-7-9-10(11)8-4-2/h25-27,34-36,51-54,58-60H,4-24,28-33,37-50H2,1-3H3;4,10-11H,2-3,5-9H2,1H3/b34-25-,35-26+,36-27-;. The predicted octanol–water partition coefficient (Wildman–Crippen LogP) is 17.9. The molecule has 0 bridgehead atoms. The molecule has 5 unspecified atom stereocenters. The normalized spacial score (nSPS) is 13.6. The predicted molar refractivity (Wildman–Crippen MR) is 324 cm³/mol. The van der Waals surface area contributed by atoms with Crippen LogP contribution in [0.3, 0.4) is 0 Å². The third-order valence-corrected chi connectivity index (χ3v) is 14.1. The molecule has 0 fully saturated rings. The summed E-state index contributed by atoms with van der Waals surface area (Å²) >= 11 is 0. The molecule has 0 aliphatic carbocycles. The van der Waals surface area contributed by atoms with Gasteiger partial charge in [0.15, 0.2) is 6.10 Å². The van der Waals surface area contributed by atoms with Gasteiger partial charge in [-0.1, -0.05) is 231 Å². The maximum atomic E-state index is 12.8. The summed E-state index contributed by atoms with van der Waals surface area (Å²) in [5, 5.41) is 39.6. The van der Waals surface area contributed by atoms with Gasteiger partial charge in [0.1, 0.15) is 13.2 Å². The van der Waals surface area contributed by atoms with Crippen LogP contribution in [0.2, 0.25) is 0 Å². The molecule has 0 rings (SSSR count). The van der Waals surface area contributed by atoms with Crippen molar-refractivity contribution in [1.29, 1.82) is 0 Å². The number of hydrogen-bond donors (Lipinski definition) is 4. The number of unbranched alkanes of at least 4 members (excludes halogenated alkanes) is 27. The van der Waals surface area contributed by atoms with Gasteiger partial charge in [0.05, 0.1) is 24.4 Å². The zero-order valence-corrected chi connectivity index (χ0v) is 50.6. The van der Waals surface area contributed by atoms with Gasteiger partial charge in [0.2, 0.25) is 0 Å². The van der Waals surface area contributed by atoms with Crippen LogP contribution in [0.5, 0.6) is 0 Å². The number of rotatable bonds is 57. The molecule has 0 aromatic rings. The summed E-state index contributed by atoms with van der Waals surface area (Å²) in [6, 6.07) is 0. The van der Waals surface area contributed by atoms with Gasteiger partial charge in [0.25, 0.3) is 0 Å². The average Bonchev–Trinajstić information content (AvgIpc) is 3.41. The van der Waals surface area contributed by atoms with Gasteiger partial charge in [-0.25, -0.2) is 0 Å². The van der Waals surface area contributed by atoms with Crippen LogP contribution in [0.25, 0.3) is 0 Å². The molecule has 452 valence electrons. The molecule has 10 nitrogen and oxygen atoms in total. The van der Waals surface area contributed by atoms with Gasteiger partial charge in [-0.05, 0) is 109 Å². The van der Waals surface area contributed by atoms with Gasteiger partial charge in [-0.3, -0.25) is 14.4 Å². The highest BCUT2D eigenvalue weighted by molar-refractivity contribution is 5.71. The summed E-state index contributed by atoms with van der Waals surface area (Å²) < 4.78 is 16.7. The second kappa shape index (κ2) is 62.4. The first-order chi connectivity index (χ1) is 37.5. The lowest BCUT2D eigenvalue weighted by atomic mass is 10.1.